The summed E-state index contributed by atoms with van der Waals surface area (Å²) >= 11 is 0. The molecule has 5 nitrogen and oxygen atoms in total. The van der Waals surface area contributed by atoms with Gasteiger partial charge >= 0.3 is 0 Å². The summed E-state index contributed by atoms with van der Waals surface area (Å²) in [6.07, 6.45) is 3.67. The van der Waals surface area contributed by atoms with Crippen LogP contribution in [0.2, 0.25) is 0 Å². The lowest BCUT2D eigenvalue weighted by molar-refractivity contribution is 0.0786. The summed E-state index contributed by atoms with van der Waals surface area (Å²) in [4.78, 5) is 21.2. The monoisotopic (exact) mass is 369 g/mol. The van der Waals surface area contributed by atoms with Crippen LogP contribution in [0.1, 0.15) is 61.1 Å². The SMILES string of the molecule is Cc1cccc(CN(Cc2nc(C(=O)N3CCCC3)co2)C(C)C(C)C)c1. The van der Waals surface area contributed by atoms with Crippen LogP contribution < -0.4 is 0 Å². The van der Waals surface area contributed by atoms with Crippen LogP contribution in [0.15, 0.2) is 34.9 Å². The van der Waals surface area contributed by atoms with Gasteiger partial charge in [0.25, 0.3) is 5.91 Å². The zero-order valence-electron chi connectivity index (χ0n) is 16.9. The van der Waals surface area contributed by atoms with Crippen LogP contribution in [0.5, 0.6) is 0 Å². The minimum Gasteiger partial charge on any atom is -0.447 e. The predicted molar refractivity (Wildman–Crippen MR) is 106 cm³/mol. The molecule has 1 fully saturated rings. The second kappa shape index (κ2) is 8.70. The number of aryl methyl sites for hydroxylation is 1. The molecule has 1 aliphatic rings. The molecule has 1 aliphatic heterocycles. The van der Waals surface area contributed by atoms with Crippen molar-refractivity contribution in [2.24, 2.45) is 5.92 Å². The Kier molecular flexibility index (Phi) is 6.32. The standard InChI is InChI=1S/C22H31N3O2/c1-16(2)18(4)25(13-19-9-7-8-17(3)12-19)14-21-23-20(15-27-21)22(26)24-10-5-6-11-24/h7-9,12,15-16,18H,5-6,10-11,13-14H2,1-4H3. The first-order valence-corrected chi connectivity index (χ1v) is 9.97. The molecule has 3 rings (SSSR count). The van der Waals surface area contributed by atoms with Crippen molar-refractivity contribution < 1.29 is 9.21 Å². The van der Waals surface area contributed by atoms with Crippen LogP contribution in [0.4, 0.5) is 0 Å². The van der Waals surface area contributed by atoms with E-state index in [4.69, 9.17) is 4.42 Å². The van der Waals surface area contributed by atoms with E-state index >= 15 is 0 Å². The summed E-state index contributed by atoms with van der Waals surface area (Å²) in [7, 11) is 0. The van der Waals surface area contributed by atoms with Gasteiger partial charge in [-0.05, 0) is 38.2 Å². The third kappa shape index (κ3) is 4.98. The van der Waals surface area contributed by atoms with Crippen molar-refractivity contribution in [1.29, 1.82) is 0 Å². The molecule has 0 radical (unpaired) electrons. The number of nitrogens with zero attached hydrogens (tertiary/aromatic N) is 3. The summed E-state index contributed by atoms with van der Waals surface area (Å²) in [5.74, 6) is 1.11. The molecule has 0 N–H and O–H groups in total. The van der Waals surface area contributed by atoms with E-state index in [1.807, 2.05) is 4.90 Å². The van der Waals surface area contributed by atoms with Gasteiger partial charge in [-0.25, -0.2) is 4.98 Å². The fourth-order valence-electron chi connectivity index (χ4n) is 3.55. The predicted octanol–water partition coefficient (Wildman–Crippen LogP) is 4.27. The van der Waals surface area contributed by atoms with Gasteiger partial charge in [-0.1, -0.05) is 43.7 Å². The molecule has 27 heavy (non-hydrogen) atoms. The first-order valence-electron chi connectivity index (χ1n) is 9.97. The zero-order chi connectivity index (χ0) is 19.4. The van der Waals surface area contributed by atoms with Crippen molar-refractivity contribution >= 4 is 5.91 Å². The largest absolute Gasteiger partial charge is 0.447 e. The van der Waals surface area contributed by atoms with Gasteiger partial charge in [0.1, 0.15) is 6.26 Å². The lowest BCUT2D eigenvalue weighted by Crippen LogP contribution is -2.36. The number of benzene rings is 1. The lowest BCUT2D eigenvalue weighted by atomic mass is 10.0. The van der Waals surface area contributed by atoms with Crippen molar-refractivity contribution in [2.75, 3.05) is 13.1 Å². The van der Waals surface area contributed by atoms with E-state index in [2.05, 4.69) is 61.8 Å². The molecule has 146 valence electrons. The number of carbonyl (C=O) groups is 1. The van der Waals surface area contributed by atoms with Gasteiger partial charge in [-0.3, -0.25) is 9.69 Å². The van der Waals surface area contributed by atoms with Gasteiger partial charge in [0.15, 0.2) is 5.69 Å². The fourth-order valence-corrected chi connectivity index (χ4v) is 3.55. The van der Waals surface area contributed by atoms with E-state index in [-0.39, 0.29) is 5.91 Å². The summed E-state index contributed by atoms with van der Waals surface area (Å²) in [5.41, 5.74) is 2.97. The fraction of sp³-hybridized carbons (Fsp3) is 0.545. The number of oxazole rings is 1. The first kappa shape index (κ1) is 19.6. The summed E-state index contributed by atoms with van der Waals surface area (Å²) in [5, 5.41) is 0. The maximum Gasteiger partial charge on any atom is 0.275 e. The van der Waals surface area contributed by atoms with Crippen molar-refractivity contribution in [3.8, 4) is 0 Å². The highest BCUT2D eigenvalue weighted by Crippen LogP contribution is 2.19. The van der Waals surface area contributed by atoms with Crippen LogP contribution in [-0.4, -0.2) is 39.8 Å². The summed E-state index contributed by atoms with van der Waals surface area (Å²) in [6, 6.07) is 8.96. The van der Waals surface area contributed by atoms with Crippen molar-refractivity contribution in [3.63, 3.8) is 0 Å². The number of rotatable bonds is 7. The summed E-state index contributed by atoms with van der Waals surface area (Å²) < 4.78 is 5.67. The third-order valence-corrected chi connectivity index (χ3v) is 5.51. The Hall–Kier alpha value is -2.14. The number of likely N-dealkylation sites (tertiary alicyclic amines) is 1. The number of aromatic nitrogens is 1. The average Bonchev–Trinajstić information content (AvgIpc) is 3.32. The molecule has 2 heterocycles. The second-order valence-corrected chi connectivity index (χ2v) is 8.00. The maximum atomic E-state index is 12.5. The Labute approximate surface area is 162 Å². The maximum absolute atomic E-state index is 12.5. The second-order valence-electron chi connectivity index (χ2n) is 8.00. The number of hydrogen-bond donors (Lipinski definition) is 0. The molecule has 5 heteroatoms. The van der Waals surface area contributed by atoms with E-state index < -0.39 is 0 Å². The van der Waals surface area contributed by atoms with Crippen molar-refractivity contribution in [2.45, 2.75) is 59.7 Å². The Morgan fingerprint density at radius 3 is 2.63 bits per heavy atom. The molecule has 2 aromatic rings. The topological polar surface area (TPSA) is 49.6 Å². The molecule has 1 amide bonds. The van der Waals surface area contributed by atoms with Crippen LogP contribution in [0.3, 0.4) is 0 Å². The molecule has 0 bridgehead atoms. The van der Waals surface area contributed by atoms with Gasteiger partial charge < -0.3 is 9.32 Å². The molecule has 0 aliphatic carbocycles. The van der Waals surface area contributed by atoms with Crippen molar-refractivity contribution in [1.82, 2.24) is 14.8 Å². The Morgan fingerprint density at radius 1 is 1.22 bits per heavy atom. The molecule has 1 saturated heterocycles. The Morgan fingerprint density at radius 2 is 1.96 bits per heavy atom. The quantitative estimate of drug-likeness (QED) is 0.731. The first-order chi connectivity index (χ1) is 12.9. The smallest absolute Gasteiger partial charge is 0.275 e. The lowest BCUT2D eigenvalue weighted by Gasteiger charge is -2.31. The number of carbonyl (C=O) groups excluding carboxylic acids is 1. The van der Waals surface area contributed by atoms with Crippen LogP contribution >= 0.6 is 0 Å². The van der Waals surface area contributed by atoms with E-state index in [1.54, 1.807) is 0 Å². The zero-order valence-corrected chi connectivity index (χ0v) is 16.9. The van der Waals surface area contributed by atoms with Gasteiger partial charge in [0.2, 0.25) is 5.89 Å². The van der Waals surface area contributed by atoms with Gasteiger partial charge in [0, 0.05) is 25.7 Å². The molecule has 0 spiro atoms. The Balaban J connectivity index is 1.72. The molecule has 1 aromatic heterocycles. The van der Waals surface area contributed by atoms with Crippen LogP contribution in [0, 0.1) is 12.8 Å². The highest BCUT2D eigenvalue weighted by atomic mass is 16.3. The minimum absolute atomic E-state index is 0.00959. The van der Waals surface area contributed by atoms with Gasteiger partial charge in [-0.15, -0.1) is 0 Å². The molecule has 1 unspecified atom stereocenters. The highest BCUT2D eigenvalue weighted by molar-refractivity contribution is 5.92. The van der Waals surface area contributed by atoms with E-state index in [9.17, 15) is 4.79 Å². The van der Waals surface area contributed by atoms with Crippen molar-refractivity contribution in [3.05, 3.63) is 53.2 Å². The van der Waals surface area contributed by atoms with E-state index in [0.29, 0.717) is 30.1 Å². The molecule has 1 atom stereocenters. The number of hydrogen-bond acceptors (Lipinski definition) is 4. The number of amides is 1. The normalized spacial score (nSPS) is 15.7. The molecule has 0 saturated carbocycles. The minimum atomic E-state index is -0.00959. The molecule has 1 aromatic carbocycles. The molecular weight excluding hydrogens is 338 g/mol. The van der Waals surface area contributed by atoms with E-state index in [1.165, 1.54) is 17.4 Å². The average molecular weight is 370 g/mol. The Bertz CT molecular complexity index is 762. The van der Waals surface area contributed by atoms with Gasteiger partial charge in [0.05, 0.1) is 6.54 Å². The molecular formula is C22H31N3O2. The highest BCUT2D eigenvalue weighted by Gasteiger charge is 2.24. The summed E-state index contributed by atoms with van der Waals surface area (Å²) in [6.45, 7) is 11.9. The van der Waals surface area contributed by atoms with Crippen LogP contribution in [-0.2, 0) is 13.1 Å². The van der Waals surface area contributed by atoms with E-state index in [0.717, 1.165) is 32.5 Å². The van der Waals surface area contributed by atoms with Gasteiger partial charge in [-0.2, -0.15) is 0 Å². The van der Waals surface area contributed by atoms with Crippen LogP contribution in [0.25, 0.3) is 0 Å². The third-order valence-electron chi connectivity index (χ3n) is 5.51.